The normalized spacial score (nSPS) is 11.4. The van der Waals surface area contributed by atoms with Crippen LogP contribution >= 0.6 is 11.6 Å². The SMILES string of the molecule is Cc1nn(C)c2c1nc(CCl)n2CCCc1ccccc1. The third-order valence-corrected chi connectivity index (χ3v) is 4.02. The minimum absolute atomic E-state index is 0.430. The number of alkyl halides is 1. The molecule has 0 spiro atoms. The highest BCUT2D eigenvalue weighted by atomic mass is 35.5. The first kappa shape index (κ1) is 14.1. The number of halogens is 1. The molecule has 0 N–H and O–H groups in total. The predicted octanol–water partition coefficient (Wildman–Crippen LogP) is 3.45. The minimum Gasteiger partial charge on any atom is -0.312 e. The van der Waals surface area contributed by atoms with E-state index in [2.05, 4.69) is 38.9 Å². The molecule has 5 heteroatoms. The van der Waals surface area contributed by atoms with Crippen molar-refractivity contribution < 1.29 is 0 Å². The molecule has 0 fully saturated rings. The Bertz CT molecular complexity index is 743. The van der Waals surface area contributed by atoms with Crippen molar-refractivity contribution in [3.05, 3.63) is 47.4 Å². The van der Waals surface area contributed by atoms with Crippen molar-refractivity contribution in [3.63, 3.8) is 0 Å². The van der Waals surface area contributed by atoms with Crippen LogP contribution in [0, 0.1) is 6.92 Å². The molecule has 0 amide bonds. The van der Waals surface area contributed by atoms with E-state index in [9.17, 15) is 0 Å². The molecule has 4 nitrogen and oxygen atoms in total. The highest BCUT2D eigenvalue weighted by Crippen LogP contribution is 2.20. The number of benzene rings is 1. The zero-order chi connectivity index (χ0) is 14.8. The highest BCUT2D eigenvalue weighted by Gasteiger charge is 2.16. The molecule has 2 aromatic heterocycles. The molecule has 110 valence electrons. The van der Waals surface area contributed by atoms with Gasteiger partial charge in [0.05, 0.1) is 11.6 Å². The lowest BCUT2D eigenvalue weighted by atomic mass is 10.1. The number of imidazole rings is 1. The summed E-state index contributed by atoms with van der Waals surface area (Å²) in [5.74, 6) is 1.36. The Hall–Kier alpha value is -1.81. The minimum atomic E-state index is 0.430. The van der Waals surface area contributed by atoms with Crippen LogP contribution < -0.4 is 0 Å². The summed E-state index contributed by atoms with van der Waals surface area (Å²) >= 11 is 6.05. The van der Waals surface area contributed by atoms with Gasteiger partial charge in [-0.2, -0.15) is 5.10 Å². The van der Waals surface area contributed by atoms with Crippen molar-refractivity contribution in [2.45, 2.75) is 32.2 Å². The largest absolute Gasteiger partial charge is 0.312 e. The summed E-state index contributed by atoms with van der Waals surface area (Å²) in [5.41, 5.74) is 4.35. The monoisotopic (exact) mass is 302 g/mol. The number of hydrogen-bond acceptors (Lipinski definition) is 2. The van der Waals surface area contributed by atoms with Crippen LogP contribution in [0.5, 0.6) is 0 Å². The quantitative estimate of drug-likeness (QED) is 0.677. The van der Waals surface area contributed by atoms with Gasteiger partial charge in [-0.25, -0.2) is 4.98 Å². The fraction of sp³-hybridized carbons (Fsp3) is 0.375. The summed E-state index contributed by atoms with van der Waals surface area (Å²) in [6.07, 6.45) is 2.11. The second-order valence-corrected chi connectivity index (χ2v) is 5.55. The molecule has 3 rings (SSSR count). The second kappa shape index (κ2) is 5.90. The molecule has 0 atom stereocenters. The zero-order valence-electron chi connectivity index (χ0n) is 12.4. The number of hydrogen-bond donors (Lipinski definition) is 0. The molecular formula is C16H19ClN4. The van der Waals surface area contributed by atoms with Crippen LogP contribution in [0.15, 0.2) is 30.3 Å². The van der Waals surface area contributed by atoms with Crippen LogP contribution in [0.4, 0.5) is 0 Å². The first-order valence-corrected chi connectivity index (χ1v) is 7.72. The molecule has 0 aliphatic carbocycles. The maximum absolute atomic E-state index is 6.05. The van der Waals surface area contributed by atoms with Crippen LogP contribution in [0.1, 0.15) is 23.5 Å². The fourth-order valence-corrected chi connectivity index (χ4v) is 3.01. The van der Waals surface area contributed by atoms with Crippen LogP contribution in [-0.2, 0) is 25.9 Å². The summed E-state index contributed by atoms with van der Waals surface area (Å²) in [6, 6.07) is 10.5. The van der Waals surface area contributed by atoms with Gasteiger partial charge in [-0.05, 0) is 25.3 Å². The van der Waals surface area contributed by atoms with Gasteiger partial charge in [0.15, 0.2) is 5.65 Å². The number of fused-ring (bicyclic) bond motifs is 1. The Labute approximate surface area is 129 Å². The molecule has 2 heterocycles. The van der Waals surface area contributed by atoms with Gasteiger partial charge < -0.3 is 4.57 Å². The van der Waals surface area contributed by atoms with Crippen molar-refractivity contribution in [3.8, 4) is 0 Å². The molecule has 0 bridgehead atoms. The van der Waals surface area contributed by atoms with Crippen molar-refractivity contribution >= 4 is 22.8 Å². The van der Waals surface area contributed by atoms with E-state index < -0.39 is 0 Å². The summed E-state index contributed by atoms with van der Waals surface area (Å²) in [5, 5.41) is 4.44. The van der Waals surface area contributed by atoms with Gasteiger partial charge >= 0.3 is 0 Å². The average Bonchev–Trinajstić information content (AvgIpc) is 2.99. The van der Waals surface area contributed by atoms with Crippen LogP contribution in [-0.4, -0.2) is 19.3 Å². The lowest BCUT2D eigenvalue weighted by molar-refractivity contribution is 0.615. The van der Waals surface area contributed by atoms with E-state index >= 15 is 0 Å². The molecule has 0 unspecified atom stereocenters. The number of aryl methyl sites for hydroxylation is 4. The van der Waals surface area contributed by atoms with E-state index in [0.29, 0.717) is 5.88 Å². The summed E-state index contributed by atoms with van der Waals surface area (Å²) < 4.78 is 4.10. The molecule has 0 saturated heterocycles. The molecule has 21 heavy (non-hydrogen) atoms. The van der Waals surface area contributed by atoms with Crippen molar-refractivity contribution in [2.24, 2.45) is 7.05 Å². The molecule has 1 aromatic carbocycles. The maximum Gasteiger partial charge on any atom is 0.158 e. The summed E-state index contributed by atoms with van der Waals surface area (Å²) in [6.45, 7) is 2.90. The topological polar surface area (TPSA) is 35.6 Å². The second-order valence-electron chi connectivity index (χ2n) is 5.28. The van der Waals surface area contributed by atoms with E-state index in [1.807, 2.05) is 24.7 Å². The number of nitrogens with zero attached hydrogens (tertiary/aromatic N) is 4. The summed E-state index contributed by atoms with van der Waals surface area (Å²) in [7, 11) is 1.96. The van der Waals surface area contributed by atoms with Gasteiger partial charge in [0.1, 0.15) is 11.3 Å². The Morgan fingerprint density at radius 2 is 1.95 bits per heavy atom. The smallest absolute Gasteiger partial charge is 0.158 e. The molecule has 0 radical (unpaired) electrons. The molecule has 0 aliphatic rings. The molecule has 0 saturated carbocycles. The maximum atomic E-state index is 6.05. The van der Waals surface area contributed by atoms with Crippen LogP contribution in [0.2, 0.25) is 0 Å². The van der Waals surface area contributed by atoms with Gasteiger partial charge in [-0.15, -0.1) is 11.6 Å². The third kappa shape index (κ3) is 2.68. The standard InChI is InChI=1S/C16H19ClN4/c1-12-15-16(20(2)19-12)21(14(11-17)18-15)10-6-9-13-7-4-3-5-8-13/h3-5,7-8H,6,9-11H2,1-2H3. The van der Waals surface area contributed by atoms with E-state index in [-0.39, 0.29) is 0 Å². The van der Waals surface area contributed by atoms with Crippen molar-refractivity contribution in [1.82, 2.24) is 19.3 Å². The van der Waals surface area contributed by atoms with Gasteiger partial charge in [0, 0.05) is 13.6 Å². The first-order chi connectivity index (χ1) is 10.2. The molecule has 3 aromatic rings. The van der Waals surface area contributed by atoms with E-state index in [1.165, 1.54) is 5.56 Å². The molecule has 0 aliphatic heterocycles. The van der Waals surface area contributed by atoms with Gasteiger partial charge in [0.2, 0.25) is 0 Å². The Morgan fingerprint density at radius 3 is 2.67 bits per heavy atom. The average molecular weight is 303 g/mol. The fourth-order valence-electron chi connectivity index (χ4n) is 2.80. The highest BCUT2D eigenvalue weighted by molar-refractivity contribution is 6.16. The predicted molar refractivity (Wildman–Crippen MR) is 85.6 cm³/mol. The molecular weight excluding hydrogens is 284 g/mol. The van der Waals surface area contributed by atoms with Crippen molar-refractivity contribution in [2.75, 3.05) is 0 Å². The van der Waals surface area contributed by atoms with Crippen LogP contribution in [0.25, 0.3) is 11.2 Å². The summed E-state index contributed by atoms with van der Waals surface area (Å²) in [4.78, 5) is 4.62. The Morgan fingerprint density at radius 1 is 1.19 bits per heavy atom. The van der Waals surface area contributed by atoms with Crippen LogP contribution in [0.3, 0.4) is 0 Å². The Kier molecular flexibility index (Phi) is 3.97. The van der Waals surface area contributed by atoms with Crippen molar-refractivity contribution in [1.29, 1.82) is 0 Å². The van der Waals surface area contributed by atoms with E-state index in [0.717, 1.165) is 42.1 Å². The lowest BCUT2D eigenvalue weighted by Crippen LogP contribution is -2.07. The zero-order valence-corrected chi connectivity index (χ0v) is 13.1. The lowest BCUT2D eigenvalue weighted by Gasteiger charge is -2.08. The van der Waals surface area contributed by atoms with Gasteiger partial charge in [0.25, 0.3) is 0 Å². The van der Waals surface area contributed by atoms with E-state index in [1.54, 1.807) is 0 Å². The third-order valence-electron chi connectivity index (χ3n) is 3.78. The first-order valence-electron chi connectivity index (χ1n) is 7.19. The Balaban J connectivity index is 1.82. The van der Waals surface area contributed by atoms with E-state index in [4.69, 9.17) is 11.6 Å². The van der Waals surface area contributed by atoms with Gasteiger partial charge in [-0.1, -0.05) is 30.3 Å². The number of rotatable bonds is 5. The van der Waals surface area contributed by atoms with Gasteiger partial charge in [-0.3, -0.25) is 4.68 Å². The number of aromatic nitrogens is 4.